The van der Waals surface area contributed by atoms with Gasteiger partial charge in [-0.05, 0) is 72.6 Å². The zero-order valence-electron chi connectivity index (χ0n) is 17.7. The zero-order valence-corrected chi connectivity index (χ0v) is 17.7. The van der Waals surface area contributed by atoms with Crippen LogP contribution in [0.5, 0.6) is 0 Å². The molecule has 0 saturated heterocycles. The van der Waals surface area contributed by atoms with E-state index in [-0.39, 0.29) is 11.6 Å². The number of ether oxygens (including phenoxy) is 1. The molecule has 33 heavy (non-hydrogen) atoms. The minimum Gasteiger partial charge on any atom is -0.472 e. The van der Waals surface area contributed by atoms with Gasteiger partial charge in [0.05, 0.1) is 11.3 Å². The molecule has 7 heteroatoms. The highest BCUT2D eigenvalue weighted by atomic mass is 19.1. The molecular weight excluding hydrogens is 422 g/mol. The first-order chi connectivity index (χ1) is 16.1. The van der Waals surface area contributed by atoms with Crippen LogP contribution in [-0.2, 0) is 11.2 Å². The second kappa shape index (κ2) is 8.78. The van der Waals surface area contributed by atoms with Crippen molar-refractivity contribution >= 4 is 5.69 Å². The van der Waals surface area contributed by atoms with E-state index in [1.54, 1.807) is 35.2 Å². The van der Waals surface area contributed by atoms with Crippen LogP contribution in [0.1, 0.15) is 17.4 Å². The Kier molecular flexibility index (Phi) is 5.52. The van der Waals surface area contributed by atoms with Gasteiger partial charge in [0.25, 0.3) is 0 Å². The molecule has 0 amide bonds. The second-order valence-corrected chi connectivity index (χ2v) is 7.86. The summed E-state index contributed by atoms with van der Waals surface area (Å²) in [5.41, 5.74) is 10.7. The average molecular weight is 444 g/mol. The van der Waals surface area contributed by atoms with Crippen LogP contribution < -0.4 is 5.73 Å². The lowest BCUT2D eigenvalue weighted by atomic mass is 10.1. The maximum atomic E-state index is 13.5. The van der Waals surface area contributed by atoms with Crippen LogP contribution in [0.15, 0.2) is 91.5 Å². The van der Waals surface area contributed by atoms with E-state index < -0.39 is 6.23 Å². The van der Waals surface area contributed by atoms with Crippen molar-refractivity contribution in [1.82, 2.24) is 14.7 Å². The zero-order chi connectivity index (χ0) is 22.8. The van der Waals surface area contributed by atoms with Crippen molar-refractivity contribution < 1.29 is 13.5 Å². The van der Waals surface area contributed by atoms with Crippen LogP contribution in [0.25, 0.3) is 16.9 Å². The van der Waals surface area contributed by atoms with Gasteiger partial charge in [-0.3, -0.25) is 0 Å². The van der Waals surface area contributed by atoms with Crippen LogP contribution in [0.4, 0.5) is 14.5 Å². The summed E-state index contributed by atoms with van der Waals surface area (Å²) in [5, 5.41) is 4.74. The molecule has 2 N–H and O–H groups in total. The van der Waals surface area contributed by atoms with Crippen molar-refractivity contribution in [2.75, 3.05) is 12.3 Å². The van der Waals surface area contributed by atoms with Crippen LogP contribution in [0, 0.1) is 11.6 Å². The third kappa shape index (κ3) is 4.43. The molecule has 0 fully saturated rings. The number of hydrogen-bond acceptors (Lipinski definition) is 4. The summed E-state index contributed by atoms with van der Waals surface area (Å²) in [6, 6.07) is 20.1. The lowest BCUT2D eigenvalue weighted by Gasteiger charge is -2.24. The first-order valence-electron chi connectivity index (χ1n) is 10.6. The Balaban J connectivity index is 1.47. The van der Waals surface area contributed by atoms with E-state index in [2.05, 4.69) is 4.90 Å². The molecule has 5 rings (SSSR count). The van der Waals surface area contributed by atoms with Crippen LogP contribution >= 0.6 is 0 Å². The largest absolute Gasteiger partial charge is 0.472 e. The third-order valence-electron chi connectivity index (χ3n) is 5.62. The topological polar surface area (TPSA) is 56.3 Å². The monoisotopic (exact) mass is 444 g/mol. The summed E-state index contributed by atoms with van der Waals surface area (Å²) >= 11 is 0. The molecule has 2 heterocycles. The van der Waals surface area contributed by atoms with Crippen LogP contribution in [-0.4, -0.2) is 21.2 Å². The quantitative estimate of drug-likeness (QED) is 0.402. The highest BCUT2D eigenvalue weighted by molar-refractivity contribution is 5.64. The summed E-state index contributed by atoms with van der Waals surface area (Å²) in [7, 11) is 0. The van der Waals surface area contributed by atoms with Crippen molar-refractivity contribution in [3.05, 3.63) is 114 Å². The van der Waals surface area contributed by atoms with Crippen molar-refractivity contribution in [3.8, 4) is 16.9 Å². The lowest BCUT2D eigenvalue weighted by molar-refractivity contribution is 0.0581. The van der Waals surface area contributed by atoms with Crippen LogP contribution in [0.2, 0.25) is 0 Å². The number of aromatic nitrogens is 2. The molecule has 0 saturated carbocycles. The van der Waals surface area contributed by atoms with Crippen molar-refractivity contribution in [1.29, 1.82) is 0 Å². The molecule has 5 nitrogen and oxygen atoms in total. The van der Waals surface area contributed by atoms with E-state index in [0.29, 0.717) is 11.4 Å². The summed E-state index contributed by atoms with van der Waals surface area (Å²) < 4.78 is 34.6. The van der Waals surface area contributed by atoms with Crippen molar-refractivity contribution in [3.63, 3.8) is 0 Å². The number of benzene rings is 3. The molecule has 1 aliphatic heterocycles. The first-order valence-corrected chi connectivity index (χ1v) is 10.6. The van der Waals surface area contributed by atoms with E-state index in [1.165, 1.54) is 29.8 Å². The fraction of sp³-hybridized carbons (Fsp3) is 0.115. The van der Waals surface area contributed by atoms with Gasteiger partial charge in [-0.25, -0.2) is 13.5 Å². The van der Waals surface area contributed by atoms with Gasteiger partial charge in [0.2, 0.25) is 6.23 Å². The van der Waals surface area contributed by atoms with E-state index in [9.17, 15) is 8.78 Å². The number of nitrogen functional groups attached to an aromatic ring is 1. The fourth-order valence-corrected chi connectivity index (χ4v) is 3.86. The average Bonchev–Trinajstić information content (AvgIpc) is 3.47. The molecule has 3 aromatic carbocycles. The number of nitrogens with zero attached hydrogens (tertiary/aromatic N) is 3. The van der Waals surface area contributed by atoms with E-state index in [0.717, 1.165) is 29.8 Å². The lowest BCUT2D eigenvalue weighted by Crippen LogP contribution is -2.23. The van der Waals surface area contributed by atoms with Gasteiger partial charge < -0.3 is 15.4 Å². The highest BCUT2D eigenvalue weighted by Gasteiger charge is 2.28. The van der Waals surface area contributed by atoms with Gasteiger partial charge in [-0.15, -0.1) is 0 Å². The molecule has 1 aliphatic rings. The molecule has 0 aliphatic carbocycles. The summed E-state index contributed by atoms with van der Waals surface area (Å²) in [6.07, 6.45) is 5.86. The number of hydrogen-bond donors (Lipinski definition) is 1. The van der Waals surface area contributed by atoms with E-state index in [1.807, 2.05) is 36.7 Å². The van der Waals surface area contributed by atoms with Gasteiger partial charge in [0.15, 0.2) is 0 Å². The van der Waals surface area contributed by atoms with Gasteiger partial charge in [0, 0.05) is 30.2 Å². The Morgan fingerprint density at radius 1 is 0.879 bits per heavy atom. The normalized spacial score (nSPS) is 15.1. The molecule has 1 atom stereocenters. The molecule has 0 radical (unpaired) electrons. The smallest absolute Gasteiger partial charge is 0.201 e. The molecular formula is C26H22F2N4O. The predicted molar refractivity (Wildman–Crippen MR) is 123 cm³/mol. The molecule has 0 bridgehead atoms. The molecule has 166 valence electrons. The molecule has 1 unspecified atom stereocenters. The Morgan fingerprint density at radius 2 is 1.55 bits per heavy atom. The fourth-order valence-electron chi connectivity index (χ4n) is 3.86. The van der Waals surface area contributed by atoms with Crippen molar-refractivity contribution in [2.24, 2.45) is 0 Å². The third-order valence-corrected chi connectivity index (χ3v) is 5.62. The minimum atomic E-state index is -0.395. The summed E-state index contributed by atoms with van der Waals surface area (Å²) in [6.45, 7) is 0.718. The van der Waals surface area contributed by atoms with Crippen molar-refractivity contribution in [2.45, 2.75) is 12.6 Å². The maximum absolute atomic E-state index is 13.5. The first kappa shape index (κ1) is 20.8. The van der Waals surface area contributed by atoms with Gasteiger partial charge in [-0.1, -0.05) is 12.1 Å². The van der Waals surface area contributed by atoms with E-state index in [4.69, 9.17) is 15.6 Å². The highest BCUT2D eigenvalue weighted by Crippen LogP contribution is 2.35. The Hall–Kier alpha value is -4.13. The Bertz CT molecular complexity index is 1270. The minimum absolute atomic E-state index is 0.317. The van der Waals surface area contributed by atoms with Gasteiger partial charge >= 0.3 is 0 Å². The van der Waals surface area contributed by atoms with Gasteiger partial charge in [-0.2, -0.15) is 5.10 Å². The molecule has 1 aromatic heterocycles. The SMILES string of the molecule is Nc1ccc(CCN2C=COC2c2cn(-c3ccc(F)cc3)nc2-c2ccc(F)cc2)cc1. The number of rotatable bonds is 6. The maximum Gasteiger partial charge on any atom is 0.201 e. The molecule has 0 spiro atoms. The summed E-state index contributed by atoms with van der Waals surface area (Å²) in [5.74, 6) is -0.635. The van der Waals surface area contributed by atoms with Crippen LogP contribution in [0.3, 0.4) is 0 Å². The van der Waals surface area contributed by atoms with Gasteiger partial charge in [0.1, 0.15) is 23.6 Å². The van der Waals surface area contributed by atoms with E-state index >= 15 is 0 Å². The second-order valence-electron chi connectivity index (χ2n) is 7.86. The predicted octanol–water partition coefficient (Wildman–Crippen LogP) is 5.44. The Labute approximate surface area is 190 Å². The summed E-state index contributed by atoms with van der Waals surface area (Å²) in [4.78, 5) is 2.09. The number of halogens is 2. The number of nitrogens with two attached hydrogens (primary N) is 1. The standard InChI is InChI=1S/C26H22F2N4O/c27-20-5-3-19(4-6-20)25-24(17-32(30-25)23-11-7-21(28)8-12-23)26-31(15-16-33-26)14-13-18-1-9-22(29)10-2-18/h1-12,15-17,26H,13-14,29H2. The number of anilines is 1. The Morgan fingerprint density at radius 3 is 2.24 bits per heavy atom. The molecule has 4 aromatic rings.